The first-order chi connectivity index (χ1) is 14.8. The second-order valence-electron chi connectivity index (χ2n) is 7.24. The third kappa shape index (κ3) is 2.17. The molecular formula is C26H13N3S. The van der Waals surface area contributed by atoms with Gasteiger partial charge in [0.1, 0.15) is 12.1 Å². The molecule has 138 valence electrons. The molecule has 0 radical (unpaired) electrons. The summed E-state index contributed by atoms with van der Waals surface area (Å²) in [4.78, 5) is 0. The monoisotopic (exact) mass is 399 g/mol. The van der Waals surface area contributed by atoms with E-state index in [2.05, 4.69) is 65.2 Å². The molecule has 0 atom stereocenters. The van der Waals surface area contributed by atoms with Crippen LogP contribution in [0, 0.1) is 22.7 Å². The second-order valence-corrected chi connectivity index (χ2v) is 8.33. The minimum Gasteiger partial charge on any atom is -0.307 e. The molecule has 0 N–H and O–H groups in total. The lowest BCUT2D eigenvalue weighted by molar-refractivity contribution is 1.16. The third-order valence-corrected chi connectivity index (χ3v) is 6.81. The number of nitriles is 2. The van der Waals surface area contributed by atoms with Crippen molar-refractivity contribution in [3.8, 4) is 17.8 Å². The number of para-hydroxylation sites is 2. The van der Waals surface area contributed by atoms with Crippen LogP contribution in [0.15, 0.2) is 78.9 Å². The fraction of sp³-hybridized carbons (Fsp3) is 0. The molecule has 30 heavy (non-hydrogen) atoms. The molecular weight excluding hydrogens is 386 g/mol. The first-order valence-electron chi connectivity index (χ1n) is 9.58. The van der Waals surface area contributed by atoms with Gasteiger partial charge >= 0.3 is 0 Å². The first-order valence-corrected chi connectivity index (χ1v) is 10.4. The summed E-state index contributed by atoms with van der Waals surface area (Å²) in [6.07, 6.45) is 0. The summed E-state index contributed by atoms with van der Waals surface area (Å²) in [5, 5.41) is 24.3. The Labute approximate surface area is 176 Å². The number of benzene rings is 4. The highest BCUT2D eigenvalue weighted by atomic mass is 32.1. The number of thiophene rings is 1. The zero-order valence-electron chi connectivity index (χ0n) is 15.8. The molecule has 2 heterocycles. The molecule has 0 saturated heterocycles. The van der Waals surface area contributed by atoms with E-state index in [1.54, 1.807) is 29.5 Å². The molecule has 0 fully saturated rings. The quantitative estimate of drug-likeness (QED) is 0.302. The van der Waals surface area contributed by atoms with E-state index in [4.69, 9.17) is 0 Å². The molecule has 6 aromatic rings. The zero-order chi connectivity index (χ0) is 20.2. The van der Waals surface area contributed by atoms with E-state index in [0.717, 1.165) is 21.8 Å². The predicted octanol–water partition coefficient (Wildman–Crippen LogP) is 6.89. The number of hydrogen-bond donors (Lipinski definition) is 0. The van der Waals surface area contributed by atoms with Crippen LogP contribution >= 0.6 is 11.3 Å². The van der Waals surface area contributed by atoms with Crippen molar-refractivity contribution in [1.29, 1.82) is 10.5 Å². The van der Waals surface area contributed by atoms with Crippen molar-refractivity contribution < 1.29 is 0 Å². The van der Waals surface area contributed by atoms with Gasteiger partial charge in [-0.3, -0.25) is 0 Å². The van der Waals surface area contributed by atoms with Crippen LogP contribution in [0.1, 0.15) is 11.1 Å². The Morgan fingerprint density at radius 3 is 2.07 bits per heavy atom. The van der Waals surface area contributed by atoms with Gasteiger partial charge in [-0.1, -0.05) is 42.5 Å². The summed E-state index contributed by atoms with van der Waals surface area (Å²) < 4.78 is 4.53. The Morgan fingerprint density at radius 1 is 0.600 bits per heavy atom. The molecule has 0 saturated carbocycles. The first kappa shape index (κ1) is 16.8. The number of rotatable bonds is 1. The van der Waals surface area contributed by atoms with E-state index < -0.39 is 0 Å². The zero-order valence-corrected chi connectivity index (χ0v) is 16.6. The summed E-state index contributed by atoms with van der Waals surface area (Å²) in [7, 11) is 0. The van der Waals surface area contributed by atoms with Gasteiger partial charge in [0.05, 0.1) is 27.8 Å². The van der Waals surface area contributed by atoms with Gasteiger partial charge in [0.15, 0.2) is 0 Å². The number of nitrogens with zero attached hydrogens (tertiary/aromatic N) is 3. The molecule has 4 heteroatoms. The average molecular weight is 399 g/mol. The Bertz CT molecular complexity index is 1690. The van der Waals surface area contributed by atoms with Crippen LogP contribution in [0.5, 0.6) is 0 Å². The molecule has 0 bridgehead atoms. The fourth-order valence-corrected chi connectivity index (χ4v) is 5.51. The minimum absolute atomic E-state index is 0.494. The van der Waals surface area contributed by atoms with Gasteiger partial charge in [-0.15, -0.1) is 11.3 Å². The van der Waals surface area contributed by atoms with E-state index in [0.29, 0.717) is 16.8 Å². The molecule has 0 aliphatic heterocycles. The average Bonchev–Trinajstić information content (AvgIpc) is 3.31. The lowest BCUT2D eigenvalue weighted by Crippen LogP contribution is -2.00. The molecule has 2 aromatic heterocycles. The standard InChI is InChI=1S/C26H13N3S/c27-14-16-6-5-7-17(15-28)26(16)29-22-10-3-1-8-18(22)20-12-21-19-9-2-4-11-24(19)30-25(21)13-23(20)29/h1-13H. The van der Waals surface area contributed by atoms with E-state index in [9.17, 15) is 10.5 Å². The van der Waals surface area contributed by atoms with Gasteiger partial charge in [0, 0.05) is 30.9 Å². The topological polar surface area (TPSA) is 52.5 Å². The van der Waals surface area contributed by atoms with Gasteiger partial charge in [0.2, 0.25) is 0 Å². The maximum atomic E-state index is 9.78. The summed E-state index contributed by atoms with van der Waals surface area (Å²) >= 11 is 1.77. The number of fused-ring (bicyclic) bond motifs is 6. The van der Waals surface area contributed by atoms with Crippen LogP contribution in [-0.4, -0.2) is 4.57 Å². The lowest BCUT2D eigenvalue weighted by Gasteiger charge is -2.11. The molecule has 0 unspecified atom stereocenters. The van der Waals surface area contributed by atoms with Crippen LogP contribution in [-0.2, 0) is 0 Å². The highest BCUT2D eigenvalue weighted by molar-refractivity contribution is 7.25. The van der Waals surface area contributed by atoms with Gasteiger partial charge in [0.25, 0.3) is 0 Å². The molecule has 0 spiro atoms. The van der Waals surface area contributed by atoms with Crippen LogP contribution in [0.3, 0.4) is 0 Å². The molecule has 6 rings (SSSR count). The van der Waals surface area contributed by atoms with Gasteiger partial charge < -0.3 is 4.57 Å². The summed E-state index contributed by atoms with van der Waals surface area (Å²) in [5.74, 6) is 0. The van der Waals surface area contributed by atoms with Gasteiger partial charge in [-0.05, 0) is 36.4 Å². The molecule has 0 aliphatic carbocycles. The van der Waals surface area contributed by atoms with E-state index in [-0.39, 0.29) is 0 Å². The molecule has 3 nitrogen and oxygen atoms in total. The fourth-order valence-electron chi connectivity index (χ4n) is 4.39. The van der Waals surface area contributed by atoms with E-state index >= 15 is 0 Å². The van der Waals surface area contributed by atoms with Crippen molar-refractivity contribution in [3.05, 3.63) is 90.0 Å². The maximum Gasteiger partial charge on any atom is 0.101 e. The van der Waals surface area contributed by atoms with Crippen LogP contribution in [0.2, 0.25) is 0 Å². The Balaban J connectivity index is 1.87. The van der Waals surface area contributed by atoms with E-state index in [1.165, 1.54) is 20.2 Å². The van der Waals surface area contributed by atoms with Crippen molar-refractivity contribution in [2.45, 2.75) is 0 Å². The Kier molecular flexibility index (Phi) is 3.47. The van der Waals surface area contributed by atoms with E-state index in [1.807, 2.05) is 12.1 Å². The van der Waals surface area contributed by atoms with Crippen molar-refractivity contribution in [2.75, 3.05) is 0 Å². The summed E-state index contributed by atoms with van der Waals surface area (Å²) in [6, 6.07) is 31.0. The van der Waals surface area contributed by atoms with Gasteiger partial charge in [-0.25, -0.2) is 0 Å². The predicted molar refractivity (Wildman–Crippen MR) is 123 cm³/mol. The SMILES string of the molecule is N#Cc1cccc(C#N)c1-n1c2ccccc2c2cc3c(cc21)sc1ccccc13. The number of hydrogen-bond acceptors (Lipinski definition) is 3. The minimum atomic E-state index is 0.494. The van der Waals surface area contributed by atoms with Gasteiger partial charge in [-0.2, -0.15) is 10.5 Å². The third-order valence-electron chi connectivity index (χ3n) is 5.67. The van der Waals surface area contributed by atoms with Crippen LogP contribution < -0.4 is 0 Å². The normalized spacial score (nSPS) is 11.3. The Morgan fingerprint density at radius 2 is 1.30 bits per heavy atom. The highest BCUT2D eigenvalue weighted by Crippen LogP contribution is 2.41. The summed E-state index contributed by atoms with van der Waals surface area (Å²) in [6.45, 7) is 0. The molecule has 0 aliphatic rings. The maximum absolute atomic E-state index is 9.78. The van der Waals surface area contributed by atoms with Crippen molar-refractivity contribution >= 4 is 53.3 Å². The molecule has 0 amide bonds. The Hall–Kier alpha value is -4.12. The van der Waals surface area contributed by atoms with Crippen LogP contribution in [0.25, 0.3) is 47.7 Å². The largest absolute Gasteiger partial charge is 0.307 e. The molecule has 4 aromatic carbocycles. The van der Waals surface area contributed by atoms with Crippen molar-refractivity contribution in [3.63, 3.8) is 0 Å². The van der Waals surface area contributed by atoms with Crippen molar-refractivity contribution in [1.82, 2.24) is 4.57 Å². The lowest BCUT2D eigenvalue weighted by atomic mass is 10.1. The highest BCUT2D eigenvalue weighted by Gasteiger charge is 2.19. The second kappa shape index (κ2) is 6.19. The summed E-state index contributed by atoms with van der Waals surface area (Å²) in [5.41, 5.74) is 3.64. The van der Waals surface area contributed by atoms with Crippen LogP contribution in [0.4, 0.5) is 0 Å². The van der Waals surface area contributed by atoms with Crippen molar-refractivity contribution in [2.24, 2.45) is 0 Å². The smallest absolute Gasteiger partial charge is 0.101 e. The number of aromatic nitrogens is 1.